The molecule has 0 aliphatic heterocycles. The van der Waals surface area contributed by atoms with Crippen LogP contribution >= 0.6 is 0 Å². The van der Waals surface area contributed by atoms with E-state index in [1.807, 2.05) is 11.9 Å². The molecule has 3 nitrogen and oxygen atoms in total. The van der Waals surface area contributed by atoms with Crippen molar-refractivity contribution in [3.05, 3.63) is 23.5 Å². The number of nitrogens with zero attached hydrogens (tertiary/aromatic N) is 2. The Bertz CT molecular complexity index is 396. The maximum Gasteiger partial charge on any atom is 0.128 e. The minimum atomic E-state index is -0.301. The van der Waals surface area contributed by atoms with Crippen molar-refractivity contribution in [2.75, 3.05) is 24.2 Å². The van der Waals surface area contributed by atoms with Gasteiger partial charge in [-0.3, -0.25) is 0 Å². The number of aryl methyl sites for hydroxylation is 1. The zero-order chi connectivity index (χ0) is 11.4. The highest BCUT2D eigenvalue weighted by molar-refractivity contribution is 5.68. The Morgan fingerprint density at radius 1 is 1.53 bits per heavy atom. The average Bonchev–Trinajstić information content (AvgIpc) is 2.20. The summed E-state index contributed by atoms with van der Waals surface area (Å²) in [5, 5.41) is 8.46. The van der Waals surface area contributed by atoms with Gasteiger partial charge in [-0.05, 0) is 24.6 Å². The molecule has 2 N–H and O–H groups in total. The lowest BCUT2D eigenvalue weighted by Gasteiger charge is -2.20. The molecule has 0 aliphatic rings. The molecule has 0 heterocycles. The fourth-order valence-electron chi connectivity index (χ4n) is 1.35. The lowest BCUT2D eigenvalue weighted by molar-refractivity contribution is 0.619. The predicted molar refractivity (Wildman–Crippen MR) is 59.0 cm³/mol. The third-order valence-electron chi connectivity index (χ3n) is 2.28. The van der Waals surface area contributed by atoms with Crippen molar-refractivity contribution < 1.29 is 4.39 Å². The van der Waals surface area contributed by atoms with Crippen LogP contribution in [0.2, 0.25) is 0 Å². The molecule has 0 fully saturated rings. The number of nitriles is 1. The summed E-state index contributed by atoms with van der Waals surface area (Å²) in [4.78, 5) is 1.85. The molecule has 0 saturated heterocycles. The van der Waals surface area contributed by atoms with E-state index in [0.717, 1.165) is 5.69 Å². The monoisotopic (exact) mass is 207 g/mol. The molecule has 0 aromatic heterocycles. The SMILES string of the molecule is Cc1cc(N(C)CCC#N)c(N)cc1F. The van der Waals surface area contributed by atoms with E-state index < -0.39 is 0 Å². The van der Waals surface area contributed by atoms with Gasteiger partial charge in [-0.25, -0.2) is 4.39 Å². The fourth-order valence-corrected chi connectivity index (χ4v) is 1.35. The molecule has 1 rings (SSSR count). The Balaban J connectivity index is 2.94. The van der Waals surface area contributed by atoms with E-state index in [4.69, 9.17) is 11.0 Å². The van der Waals surface area contributed by atoms with Gasteiger partial charge in [-0.1, -0.05) is 0 Å². The summed E-state index contributed by atoms with van der Waals surface area (Å²) in [6.45, 7) is 2.28. The van der Waals surface area contributed by atoms with Crippen molar-refractivity contribution in [3.8, 4) is 6.07 Å². The molecule has 0 radical (unpaired) electrons. The molecule has 15 heavy (non-hydrogen) atoms. The normalized spacial score (nSPS) is 9.73. The Morgan fingerprint density at radius 3 is 2.80 bits per heavy atom. The minimum Gasteiger partial charge on any atom is -0.397 e. The zero-order valence-corrected chi connectivity index (χ0v) is 8.92. The molecular formula is C11H14FN3. The van der Waals surface area contributed by atoms with E-state index in [1.54, 1.807) is 13.0 Å². The van der Waals surface area contributed by atoms with Crippen molar-refractivity contribution >= 4 is 11.4 Å². The van der Waals surface area contributed by atoms with Gasteiger partial charge in [0.05, 0.1) is 23.9 Å². The van der Waals surface area contributed by atoms with Crippen LogP contribution in [0.15, 0.2) is 12.1 Å². The number of nitrogens with two attached hydrogens (primary N) is 1. The molecule has 4 heteroatoms. The van der Waals surface area contributed by atoms with Crippen LogP contribution in [0, 0.1) is 24.1 Å². The smallest absolute Gasteiger partial charge is 0.128 e. The predicted octanol–water partition coefficient (Wildman–Crippen LogP) is 2.07. The summed E-state index contributed by atoms with van der Waals surface area (Å²) >= 11 is 0. The van der Waals surface area contributed by atoms with Crippen molar-refractivity contribution in [1.29, 1.82) is 5.26 Å². The van der Waals surface area contributed by atoms with Gasteiger partial charge in [0.1, 0.15) is 5.82 Å². The number of anilines is 2. The molecule has 80 valence electrons. The molecule has 0 atom stereocenters. The Morgan fingerprint density at radius 2 is 2.20 bits per heavy atom. The van der Waals surface area contributed by atoms with Gasteiger partial charge in [0, 0.05) is 13.6 Å². The van der Waals surface area contributed by atoms with E-state index in [9.17, 15) is 4.39 Å². The topological polar surface area (TPSA) is 53.0 Å². The van der Waals surface area contributed by atoms with Gasteiger partial charge >= 0.3 is 0 Å². The van der Waals surface area contributed by atoms with E-state index in [1.165, 1.54) is 6.07 Å². The molecule has 1 aromatic carbocycles. The van der Waals surface area contributed by atoms with Crippen LogP contribution in [0.25, 0.3) is 0 Å². The number of hydrogen-bond donors (Lipinski definition) is 1. The Labute approximate surface area is 88.9 Å². The second-order valence-corrected chi connectivity index (χ2v) is 3.49. The molecule has 0 unspecified atom stereocenters. The third kappa shape index (κ3) is 2.59. The van der Waals surface area contributed by atoms with Crippen molar-refractivity contribution in [1.82, 2.24) is 0 Å². The maximum atomic E-state index is 13.1. The van der Waals surface area contributed by atoms with Crippen LogP contribution in [-0.2, 0) is 0 Å². The third-order valence-corrected chi connectivity index (χ3v) is 2.28. The van der Waals surface area contributed by atoms with Gasteiger partial charge in [0.15, 0.2) is 0 Å². The highest BCUT2D eigenvalue weighted by atomic mass is 19.1. The van der Waals surface area contributed by atoms with Crippen LogP contribution in [0.3, 0.4) is 0 Å². The van der Waals surface area contributed by atoms with Crippen molar-refractivity contribution in [3.63, 3.8) is 0 Å². The van der Waals surface area contributed by atoms with Gasteiger partial charge in [-0.15, -0.1) is 0 Å². The van der Waals surface area contributed by atoms with Crippen LogP contribution in [-0.4, -0.2) is 13.6 Å². The second kappa shape index (κ2) is 4.65. The first-order valence-corrected chi connectivity index (χ1v) is 4.70. The van der Waals surface area contributed by atoms with Crippen LogP contribution in [0.5, 0.6) is 0 Å². The van der Waals surface area contributed by atoms with Crippen molar-refractivity contribution in [2.24, 2.45) is 0 Å². The van der Waals surface area contributed by atoms with E-state index in [-0.39, 0.29) is 5.82 Å². The summed E-state index contributed by atoms with van der Waals surface area (Å²) < 4.78 is 13.1. The first-order chi connectivity index (χ1) is 7.06. The van der Waals surface area contributed by atoms with E-state index >= 15 is 0 Å². The highest BCUT2D eigenvalue weighted by Gasteiger charge is 2.08. The first-order valence-electron chi connectivity index (χ1n) is 4.70. The lowest BCUT2D eigenvalue weighted by Crippen LogP contribution is -2.19. The highest BCUT2D eigenvalue weighted by Crippen LogP contribution is 2.25. The largest absolute Gasteiger partial charge is 0.397 e. The summed E-state index contributed by atoms with van der Waals surface area (Å²) in [5.41, 5.74) is 7.43. The average molecular weight is 207 g/mol. The van der Waals surface area contributed by atoms with E-state index in [2.05, 4.69) is 6.07 Å². The number of hydrogen-bond acceptors (Lipinski definition) is 3. The molecule has 1 aromatic rings. The van der Waals surface area contributed by atoms with Crippen LogP contribution in [0.4, 0.5) is 15.8 Å². The van der Waals surface area contributed by atoms with Crippen molar-refractivity contribution in [2.45, 2.75) is 13.3 Å². The standard InChI is InChI=1S/C11H14FN3/c1-8-6-11(10(14)7-9(8)12)15(2)5-3-4-13/h6-7H,3,5,14H2,1-2H3. The van der Waals surface area contributed by atoms with Gasteiger partial charge < -0.3 is 10.6 Å². The molecule has 0 aliphatic carbocycles. The minimum absolute atomic E-state index is 0.301. The number of rotatable bonds is 3. The molecule has 0 saturated carbocycles. The maximum absolute atomic E-state index is 13.1. The zero-order valence-electron chi connectivity index (χ0n) is 8.92. The summed E-state index contributed by atoms with van der Waals surface area (Å²) in [7, 11) is 1.83. The molecule has 0 amide bonds. The molecule has 0 spiro atoms. The summed E-state index contributed by atoms with van der Waals surface area (Å²) in [6, 6.07) is 5.07. The molecule has 0 bridgehead atoms. The summed E-state index contributed by atoms with van der Waals surface area (Å²) in [6.07, 6.45) is 0.423. The van der Waals surface area contributed by atoms with Crippen LogP contribution in [0.1, 0.15) is 12.0 Å². The second-order valence-electron chi connectivity index (χ2n) is 3.49. The number of halogens is 1. The quantitative estimate of drug-likeness (QED) is 0.772. The fraction of sp³-hybridized carbons (Fsp3) is 0.364. The lowest BCUT2D eigenvalue weighted by atomic mass is 10.1. The van der Waals surface area contributed by atoms with Gasteiger partial charge in [-0.2, -0.15) is 5.26 Å². The number of benzene rings is 1. The number of nitrogen functional groups attached to an aromatic ring is 1. The first kappa shape index (κ1) is 11.3. The van der Waals surface area contributed by atoms with Crippen LogP contribution < -0.4 is 10.6 Å². The Kier molecular flexibility index (Phi) is 3.51. The molecular weight excluding hydrogens is 193 g/mol. The van der Waals surface area contributed by atoms with Gasteiger partial charge in [0.25, 0.3) is 0 Å². The van der Waals surface area contributed by atoms with Gasteiger partial charge in [0.2, 0.25) is 0 Å². The van der Waals surface area contributed by atoms with E-state index in [0.29, 0.717) is 24.2 Å². The summed E-state index contributed by atoms with van der Waals surface area (Å²) in [5.74, 6) is -0.301. The Hall–Kier alpha value is -1.76.